The summed E-state index contributed by atoms with van der Waals surface area (Å²) in [4.78, 5) is 18.0. The van der Waals surface area contributed by atoms with E-state index in [0.717, 1.165) is 12.8 Å². The van der Waals surface area contributed by atoms with Crippen LogP contribution in [-0.4, -0.2) is 22.9 Å². The highest BCUT2D eigenvalue weighted by Gasteiger charge is 1.96. The summed E-state index contributed by atoms with van der Waals surface area (Å²) in [6.45, 7) is 2.79. The van der Waals surface area contributed by atoms with Crippen LogP contribution in [0.2, 0.25) is 0 Å². The summed E-state index contributed by atoms with van der Waals surface area (Å²) in [7, 11) is 0. The number of carbonyl (C=O) groups excluding carboxylic acids is 1. The maximum atomic E-state index is 10.3. The van der Waals surface area contributed by atoms with Crippen LogP contribution in [0.1, 0.15) is 36.7 Å². The lowest BCUT2D eigenvalue weighted by molar-refractivity contribution is 0.111. The summed E-state index contributed by atoms with van der Waals surface area (Å²) in [5.74, 6) is 0.478. The second kappa shape index (κ2) is 6.07. The van der Waals surface area contributed by atoms with E-state index in [9.17, 15) is 4.79 Å². The number of hydrogen-bond donors (Lipinski definition) is 0. The Morgan fingerprint density at radius 3 is 2.79 bits per heavy atom. The van der Waals surface area contributed by atoms with Crippen molar-refractivity contribution in [2.75, 3.05) is 6.61 Å². The first-order chi connectivity index (χ1) is 6.86. The minimum atomic E-state index is 0.325. The fourth-order valence-electron chi connectivity index (χ4n) is 0.990. The Bertz CT molecular complexity index is 272. The van der Waals surface area contributed by atoms with E-state index in [1.165, 1.54) is 18.8 Å². The number of nitrogens with zero attached hydrogens (tertiary/aromatic N) is 2. The fourth-order valence-corrected chi connectivity index (χ4v) is 0.990. The molecule has 0 aliphatic rings. The summed E-state index contributed by atoms with van der Waals surface area (Å²) in [5.41, 5.74) is 0.325. The molecule has 0 fully saturated rings. The quantitative estimate of drug-likeness (QED) is 0.512. The highest BCUT2D eigenvalue weighted by atomic mass is 16.5. The van der Waals surface area contributed by atoms with Crippen LogP contribution in [0.15, 0.2) is 12.4 Å². The number of aldehydes is 1. The summed E-state index contributed by atoms with van der Waals surface area (Å²) in [6.07, 6.45) is 6.87. The van der Waals surface area contributed by atoms with Crippen molar-refractivity contribution in [2.24, 2.45) is 0 Å². The minimum absolute atomic E-state index is 0.325. The lowest BCUT2D eigenvalue weighted by Crippen LogP contribution is -2.00. The Morgan fingerprint density at radius 2 is 2.21 bits per heavy atom. The first kappa shape index (κ1) is 10.6. The summed E-state index contributed by atoms with van der Waals surface area (Å²) in [5, 5.41) is 0. The van der Waals surface area contributed by atoms with Crippen molar-refractivity contribution in [1.82, 2.24) is 9.97 Å². The van der Waals surface area contributed by atoms with Gasteiger partial charge in [0.25, 0.3) is 0 Å². The van der Waals surface area contributed by atoms with E-state index in [1.807, 2.05) is 0 Å². The molecule has 1 aromatic heterocycles. The predicted molar refractivity (Wildman–Crippen MR) is 52.4 cm³/mol. The average molecular weight is 194 g/mol. The lowest BCUT2D eigenvalue weighted by atomic mass is 10.3. The number of rotatable bonds is 6. The van der Waals surface area contributed by atoms with Crippen LogP contribution in [0, 0.1) is 0 Å². The van der Waals surface area contributed by atoms with Crippen LogP contribution >= 0.6 is 0 Å². The molecule has 0 atom stereocenters. The molecule has 0 aliphatic heterocycles. The monoisotopic (exact) mass is 194 g/mol. The maximum absolute atomic E-state index is 10.3. The first-order valence-corrected chi connectivity index (χ1v) is 4.77. The maximum Gasteiger partial charge on any atom is 0.232 e. The Kier molecular flexibility index (Phi) is 4.61. The van der Waals surface area contributed by atoms with Gasteiger partial charge < -0.3 is 4.74 Å². The molecule has 1 rings (SSSR count). The van der Waals surface area contributed by atoms with Gasteiger partial charge in [-0.15, -0.1) is 0 Å². The van der Waals surface area contributed by atoms with Crippen molar-refractivity contribution in [3.63, 3.8) is 0 Å². The molecule has 4 heteroatoms. The summed E-state index contributed by atoms with van der Waals surface area (Å²) >= 11 is 0. The largest absolute Gasteiger partial charge is 0.477 e. The highest BCUT2D eigenvalue weighted by Crippen LogP contribution is 2.04. The molecule has 0 aromatic carbocycles. The van der Waals surface area contributed by atoms with E-state index in [4.69, 9.17) is 4.74 Å². The van der Waals surface area contributed by atoms with Gasteiger partial charge in [0, 0.05) is 0 Å². The van der Waals surface area contributed by atoms with Crippen LogP contribution in [0.25, 0.3) is 0 Å². The number of carbonyl (C=O) groups is 1. The van der Waals surface area contributed by atoms with Gasteiger partial charge in [0.1, 0.15) is 5.69 Å². The molecule has 0 radical (unpaired) electrons. The average Bonchev–Trinajstić information content (AvgIpc) is 2.25. The van der Waals surface area contributed by atoms with Crippen molar-refractivity contribution < 1.29 is 9.53 Å². The van der Waals surface area contributed by atoms with E-state index < -0.39 is 0 Å². The smallest absolute Gasteiger partial charge is 0.232 e. The molecule has 14 heavy (non-hydrogen) atoms. The molecule has 4 nitrogen and oxygen atoms in total. The van der Waals surface area contributed by atoms with Crippen LogP contribution in [0.4, 0.5) is 0 Å². The van der Waals surface area contributed by atoms with Crippen LogP contribution in [-0.2, 0) is 0 Å². The molecule has 1 aromatic rings. The predicted octanol–water partition coefficient (Wildman–Crippen LogP) is 1.86. The molecular weight excluding hydrogens is 180 g/mol. The molecule has 0 N–H and O–H groups in total. The van der Waals surface area contributed by atoms with Gasteiger partial charge >= 0.3 is 0 Å². The van der Waals surface area contributed by atoms with Gasteiger partial charge in [0.05, 0.1) is 19.0 Å². The third kappa shape index (κ3) is 3.51. The Labute approximate surface area is 83.3 Å². The van der Waals surface area contributed by atoms with Crippen LogP contribution in [0.3, 0.4) is 0 Å². The number of unbranched alkanes of at least 4 members (excludes halogenated alkanes) is 2. The van der Waals surface area contributed by atoms with Gasteiger partial charge in [-0.3, -0.25) is 4.79 Å². The van der Waals surface area contributed by atoms with Gasteiger partial charge in [0.15, 0.2) is 6.29 Å². The fraction of sp³-hybridized carbons (Fsp3) is 0.500. The van der Waals surface area contributed by atoms with E-state index in [-0.39, 0.29) is 0 Å². The molecule has 0 saturated heterocycles. The molecule has 0 aliphatic carbocycles. The Morgan fingerprint density at radius 1 is 1.36 bits per heavy atom. The van der Waals surface area contributed by atoms with Gasteiger partial charge in [-0.2, -0.15) is 0 Å². The van der Waals surface area contributed by atoms with E-state index in [2.05, 4.69) is 16.9 Å². The standard InChI is InChI=1S/C10H14N2O2/c1-2-3-4-5-14-10-7-11-9(8-13)6-12-10/h6-8H,2-5H2,1H3. The Balaban J connectivity index is 2.32. The van der Waals surface area contributed by atoms with Gasteiger partial charge in [0.2, 0.25) is 5.88 Å². The molecule has 76 valence electrons. The molecule has 0 saturated carbocycles. The third-order valence-corrected chi connectivity index (χ3v) is 1.77. The topological polar surface area (TPSA) is 52.1 Å². The molecule has 0 spiro atoms. The van der Waals surface area contributed by atoms with Crippen molar-refractivity contribution >= 4 is 6.29 Å². The molecule has 0 bridgehead atoms. The Hall–Kier alpha value is -1.45. The van der Waals surface area contributed by atoms with E-state index in [0.29, 0.717) is 24.5 Å². The second-order valence-electron chi connectivity index (χ2n) is 2.95. The summed E-state index contributed by atoms with van der Waals surface area (Å²) < 4.78 is 5.32. The van der Waals surface area contributed by atoms with Crippen molar-refractivity contribution in [1.29, 1.82) is 0 Å². The van der Waals surface area contributed by atoms with E-state index >= 15 is 0 Å². The minimum Gasteiger partial charge on any atom is -0.477 e. The van der Waals surface area contributed by atoms with Gasteiger partial charge in [-0.25, -0.2) is 9.97 Å². The number of aromatic nitrogens is 2. The van der Waals surface area contributed by atoms with Crippen molar-refractivity contribution in [3.8, 4) is 5.88 Å². The second-order valence-corrected chi connectivity index (χ2v) is 2.95. The van der Waals surface area contributed by atoms with Crippen molar-refractivity contribution in [2.45, 2.75) is 26.2 Å². The molecule has 0 amide bonds. The first-order valence-electron chi connectivity index (χ1n) is 4.77. The SMILES string of the molecule is CCCCCOc1cnc(C=O)cn1. The highest BCUT2D eigenvalue weighted by molar-refractivity contribution is 5.70. The molecule has 0 unspecified atom stereocenters. The number of hydrogen-bond acceptors (Lipinski definition) is 4. The van der Waals surface area contributed by atoms with Gasteiger partial charge in [-0.1, -0.05) is 19.8 Å². The van der Waals surface area contributed by atoms with Crippen LogP contribution < -0.4 is 4.74 Å². The molecular formula is C10H14N2O2. The normalized spacial score (nSPS) is 9.79. The van der Waals surface area contributed by atoms with Gasteiger partial charge in [-0.05, 0) is 6.42 Å². The lowest BCUT2D eigenvalue weighted by Gasteiger charge is -2.03. The summed E-state index contributed by atoms with van der Waals surface area (Å²) in [6, 6.07) is 0. The molecule has 1 heterocycles. The van der Waals surface area contributed by atoms with Crippen molar-refractivity contribution in [3.05, 3.63) is 18.1 Å². The third-order valence-electron chi connectivity index (χ3n) is 1.77. The van der Waals surface area contributed by atoms with Crippen LogP contribution in [0.5, 0.6) is 5.88 Å². The zero-order valence-electron chi connectivity index (χ0n) is 8.27. The number of ether oxygens (including phenoxy) is 1. The van der Waals surface area contributed by atoms with E-state index in [1.54, 1.807) is 0 Å². The zero-order chi connectivity index (χ0) is 10.2. The zero-order valence-corrected chi connectivity index (χ0v) is 8.27.